The number of phenols is 1. The van der Waals surface area contributed by atoms with E-state index in [1.54, 1.807) is 0 Å². The summed E-state index contributed by atoms with van der Waals surface area (Å²) < 4.78 is 0. The summed E-state index contributed by atoms with van der Waals surface area (Å²) in [5, 5.41) is 13.1. The van der Waals surface area contributed by atoms with Crippen LogP contribution in [0.25, 0.3) is 0 Å². The molecule has 0 saturated carbocycles. The minimum absolute atomic E-state index is 0.0652. The Balaban J connectivity index is 3.12. The number of phenolic OH excluding ortho intramolecular Hbond substituents is 1. The number of hydrogen-bond donors (Lipinski definition) is 3. The molecule has 0 aromatic heterocycles. The molecule has 0 spiro atoms. The largest absolute Gasteiger partial charge is 0.507 e. The first kappa shape index (κ1) is 16.5. The highest BCUT2D eigenvalue weighted by Gasteiger charge is 2.22. The number of hydrogen-bond acceptors (Lipinski definition) is 3. The molecule has 0 fully saturated rings. The minimum atomic E-state index is -0.125. The molecule has 0 unspecified atom stereocenters. The number of amides is 1. The van der Waals surface area contributed by atoms with Crippen LogP contribution in [-0.2, 0) is 16.6 Å². The van der Waals surface area contributed by atoms with Gasteiger partial charge in [0.25, 0.3) is 0 Å². The highest BCUT2D eigenvalue weighted by atomic mass is 16.3. The maximum atomic E-state index is 11.8. The molecule has 0 aliphatic heterocycles. The van der Waals surface area contributed by atoms with Gasteiger partial charge in [0.05, 0.1) is 6.42 Å². The topological polar surface area (TPSA) is 75.3 Å². The van der Waals surface area contributed by atoms with Gasteiger partial charge in [-0.15, -0.1) is 0 Å². The van der Waals surface area contributed by atoms with Crippen LogP contribution in [0.2, 0.25) is 0 Å². The second-order valence-corrected chi connectivity index (χ2v) is 6.26. The number of aryl methyl sites for hydroxylation is 1. The molecule has 1 rings (SSSR count). The van der Waals surface area contributed by atoms with E-state index in [1.807, 2.05) is 19.9 Å². The molecule has 0 bridgehead atoms. The maximum absolute atomic E-state index is 11.8. The fourth-order valence-electron chi connectivity index (χ4n) is 2.29. The Hall–Kier alpha value is -1.55. The van der Waals surface area contributed by atoms with Crippen molar-refractivity contribution in [2.75, 3.05) is 13.1 Å². The Kier molecular flexibility index (Phi) is 5.17. The van der Waals surface area contributed by atoms with Gasteiger partial charge in [-0.3, -0.25) is 4.79 Å². The van der Waals surface area contributed by atoms with Crippen LogP contribution in [0.4, 0.5) is 0 Å². The molecule has 112 valence electrons. The van der Waals surface area contributed by atoms with Crippen LogP contribution in [0, 0.1) is 13.8 Å². The molecule has 4 heteroatoms. The number of rotatable bonds is 4. The van der Waals surface area contributed by atoms with Crippen molar-refractivity contribution in [3.8, 4) is 5.75 Å². The second-order valence-electron chi connectivity index (χ2n) is 6.26. The number of benzene rings is 1. The second kappa shape index (κ2) is 6.27. The van der Waals surface area contributed by atoms with Gasteiger partial charge in [-0.05, 0) is 41.5 Å². The molecule has 0 radical (unpaired) electrons. The number of aromatic hydroxyl groups is 1. The highest BCUT2D eigenvalue weighted by Crippen LogP contribution is 2.36. The summed E-state index contributed by atoms with van der Waals surface area (Å²) in [5.74, 6) is 0.231. The Morgan fingerprint density at radius 2 is 1.95 bits per heavy atom. The first-order valence-electron chi connectivity index (χ1n) is 6.97. The Morgan fingerprint density at radius 1 is 1.35 bits per heavy atom. The van der Waals surface area contributed by atoms with E-state index < -0.39 is 0 Å². The predicted molar refractivity (Wildman–Crippen MR) is 82.0 cm³/mol. The lowest BCUT2D eigenvalue weighted by atomic mass is 9.82. The minimum Gasteiger partial charge on any atom is -0.507 e. The van der Waals surface area contributed by atoms with Gasteiger partial charge in [-0.2, -0.15) is 0 Å². The van der Waals surface area contributed by atoms with Crippen molar-refractivity contribution in [3.63, 3.8) is 0 Å². The molecule has 0 aliphatic carbocycles. The van der Waals surface area contributed by atoms with Gasteiger partial charge in [0, 0.05) is 13.1 Å². The Labute approximate surface area is 121 Å². The van der Waals surface area contributed by atoms with Crippen LogP contribution in [0.5, 0.6) is 5.75 Å². The lowest BCUT2D eigenvalue weighted by Gasteiger charge is -2.24. The van der Waals surface area contributed by atoms with E-state index >= 15 is 0 Å². The zero-order valence-electron chi connectivity index (χ0n) is 13.1. The fourth-order valence-corrected chi connectivity index (χ4v) is 2.29. The average molecular weight is 278 g/mol. The predicted octanol–water partition coefficient (Wildman–Crippen LogP) is 1.92. The third-order valence-corrected chi connectivity index (χ3v) is 3.51. The molecule has 1 aromatic rings. The van der Waals surface area contributed by atoms with Crippen molar-refractivity contribution in [3.05, 3.63) is 28.3 Å². The molecule has 4 N–H and O–H groups in total. The number of carbonyl (C=O) groups excluding carboxylic acids is 1. The number of nitrogens with two attached hydrogens (primary N) is 1. The van der Waals surface area contributed by atoms with Gasteiger partial charge in [0.15, 0.2) is 0 Å². The van der Waals surface area contributed by atoms with Gasteiger partial charge >= 0.3 is 0 Å². The van der Waals surface area contributed by atoms with Gasteiger partial charge < -0.3 is 16.2 Å². The lowest BCUT2D eigenvalue weighted by molar-refractivity contribution is -0.120. The van der Waals surface area contributed by atoms with E-state index in [1.165, 1.54) is 0 Å². The zero-order valence-corrected chi connectivity index (χ0v) is 13.1. The van der Waals surface area contributed by atoms with Crippen molar-refractivity contribution >= 4 is 5.91 Å². The van der Waals surface area contributed by atoms with Crippen LogP contribution in [0.1, 0.15) is 43.0 Å². The van der Waals surface area contributed by atoms with E-state index in [0.29, 0.717) is 18.8 Å². The van der Waals surface area contributed by atoms with E-state index in [-0.39, 0.29) is 17.7 Å². The van der Waals surface area contributed by atoms with Crippen LogP contribution < -0.4 is 11.1 Å². The first-order chi connectivity index (χ1) is 9.18. The molecule has 1 amide bonds. The Morgan fingerprint density at radius 3 is 2.45 bits per heavy atom. The normalized spacial score (nSPS) is 11.5. The van der Waals surface area contributed by atoms with Crippen molar-refractivity contribution in [1.29, 1.82) is 0 Å². The van der Waals surface area contributed by atoms with Gasteiger partial charge in [-0.1, -0.05) is 26.8 Å². The molecule has 0 aliphatic rings. The molecule has 0 heterocycles. The molecular formula is C16H26N2O2. The molecule has 1 aromatic carbocycles. The van der Waals surface area contributed by atoms with Crippen molar-refractivity contribution < 1.29 is 9.90 Å². The van der Waals surface area contributed by atoms with Gasteiger partial charge in [-0.25, -0.2) is 0 Å². The van der Waals surface area contributed by atoms with Crippen LogP contribution >= 0.6 is 0 Å². The van der Waals surface area contributed by atoms with Crippen molar-refractivity contribution in [2.24, 2.45) is 5.73 Å². The van der Waals surface area contributed by atoms with Crippen LogP contribution in [0.3, 0.4) is 0 Å². The summed E-state index contributed by atoms with van der Waals surface area (Å²) in [5.41, 5.74) is 8.88. The summed E-state index contributed by atoms with van der Waals surface area (Å²) in [6.07, 6.45) is 0.273. The Bertz CT molecular complexity index is 502. The maximum Gasteiger partial charge on any atom is 0.224 e. The summed E-state index contributed by atoms with van der Waals surface area (Å²) in [4.78, 5) is 11.8. The fraction of sp³-hybridized carbons (Fsp3) is 0.562. The summed E-state index contributed by atoms with van der Waals surface area (Å²) in [6, 6.07) is 1.98. The van der Waals surface area contributed by atoms with Crippen molar-refractivity contribution in [2.45, 2.75) is 46.5 Å². The van der Waals surface area contributed by atoms with Crippen molar-refractivity contribution in [1.82, 2.24) is 5.32 Å². The monoisotopic (exact) mass is 278 g/mol. The summed E-state index contributed by atoms with van der Waals surface area (Å²) >= 11 is 0. The standard InChI is InChI=1S/C16H26N2O2/c1-10-8-13(16(3,4)5)15(20)11(2)12(10)9-14(19)18-7-6-17/h8,20H,6-7,9,17H2,1-5H3,(H,18,19). The average Bonchev–Trinajstić information content (AvgIpc) is 2.35. The van der Waals surface area contributed by atoms with E-state index in [2.05, 4.69) is 26.1 Å². The van der Waals surface area contributed by atoms with Gasteiger partial charge in [0.2, 0.25) is 5.91 Å². The van der Waals surface area contributed by atoms with Crippen LogP contribution in [0.15, 0.2) is 6.07 Å². The number of nitrogens with one attached hydrogen (secondary N) is 1. The highest BCUT2D eigenvalue weighted by molar-refractivity contribution is 5.79. The first-order valence-corrected chi connectivity index (χ1v) is 6.97. The lowest BCUT2D eigenvalue weighted by Crippen LogP contribution is -2.30. The van der Waals surface area contributed by atoms with E-state index in [0.717, 1.165) is 22.3 Å². The van der Waals surface area contributed by atoms with E-state index in [9.17, 15) is 9.90 Å². The third-order valence-electron chi connectivity index (χ3n) is 3.51. The quantitative estimate of drug-likeness (QED) is 0.787. The zero-order chi connectivity index (χ0) is 15.5. The summed E-state index contributed by atoms with van der Waals surface area (Å²) in [7, 11) is 0. The molecule has 0 atom stereocenters. The van der Waals surface area contributed by atoms with Gasteiger partial charge in [0.1, 0.15) is 5.75 Å². The summed E-state index contributed by atoms with van der Waals surface area (Å²) in [6.45, 7) is 10.9. The number of carbonyl (C=O) groups is 1. The third kappa shape index (κ3) is 3.73. The van der Waals surface area contributed by atoms with Crippen LogP contribution in [-0.4, -0.2) is 24.1 Å². The molecule has 20 heavy (non-hydrogen) atoms. The van der Waals surface area contributed by atoms with E-state index in [4.69, 9.17) is 5.73 Å². The SMILES string of the molecule is Cc1cc(C(C)(C)C)c(O)c(C)c1CC(=O)NCCN. The smallest absolute Gasteiger partial charge is 0.224 e. The molecule has 4 nitrogen and oxygen atoms in total. The molecular weight excluding hydrogens is 252 g/mol. The molecule has 0 saturated heterocycles.